The number of hydrogen-bond acceptors (Lipinski definition) is 22. The van der Waals surface area contributed by atoms with E-state index in [4.69, 9.17) is 58.7 Å². The minimum atomic E-state index is -0.598. The second-order valence-electron chi connectivity index (χ2n) is 36.4. The van der Waals surface area contributed by atoms with E-state index >= 15 is 0 Å². The lowest BCUT2D eigenvalue weighted by Crippen LogP contribution is -2.41. The van der Waals surface area contributed by atoms with Crippen molar-refractivity contribution in [1.29, 1.82) is 0 Å². The Balaban J connectivity index is 0.000000161. The smallest absolute Gasteiger partial charge is 0.253 e. The number of aromatic amines is 4. The Bertz CT molecular complexity index is 5800. The van der Waals surface area contributed by atoms with Crippen LogP contribution in [-0.4, -0.2) is 153 Å². The lowest BCUT2D eigenvalue weighted by Gasteiger charge is -2.20. The van der Waals surface area contributed by atoms with E-state index < -0.39 is 24.0 Å². The molecule has 4 aromatic heterocycles. The summed E-state index contributed by atoms with van der Waals surface area (Å²) >= 11 is 0. The molecule has 34 heteroatoms. The molecule has 4 aliphatic rings. The number of para-hydroxylation sites is 10. The Labute approximate surface area is 838 Å². The largest absolute Gasteiger partial charge is 0.497 e. The number of hydroxylamine groups is 4. The number of hydrogen-bond donors (Lipinski definition) is 18. The number of methoxy groups -OCH3 is 2. The lowest BCUT2D eigenvalue weighted by atomic mass is 10.0. The van der Waals surface area contributed by atoms with Crippen LogP contribution in [0.4, 0.5) is 22.7 Å². The number of carbonyl (C=O) groups is 8. The van der Waals surface area contributed by atoms with Crippen LogP contribution in [0.3, 0.4) is 0 Å². The molecule has 0 bridgehead atoms. The van der Waals surface area contributed by atoms with E-state index in [-0.39, 0.29) is 73.2 Å². The summed E-state index contributed by atoms with van der Waals surface area (Å²) in [5.41, 5.74) is 22.6. The molecule has 0 radical (unpaired) electrons. The molecule has 144 heavy (non-hydrogen) atoms. The third kappa shape index (κ3) is 32.1. The van der Waals surface area contributed by atoms with Crippen molar-refractivity contribution in [3.05, 3.63) is 227 Å². The third-order valence-corrected chi connectivity index (χ3v) is 26.3. The SMILES string of the molecule is COc1ccc2[nH]c3c(c2c1)COc1ccccc1NC(=O)C(CCCCCC(=O)NO)OCCCC3.COc1ccc2[nH]c3c(c2c1)COc1ccccc1NC(=O)[C@H](CCCCCC(=O)NO)NCCCC3.O=C(CCCCCC1OCCCCc2[nH]c3ccccc3c2COc2ccccc2NC1=O)NO.O=C(CCCCC[C@@H]1NCCCCc2[nH]c3ccccc3c2COc2ccccc2NC1=O)NO. The van der Waals surface area contributed by atoms with Gasteiger partial charge in [0.1, 0.15) is 73.1 Å². The molecular formula is C110H138N14O20. The highest BCUT2D eigenvalue weighted by molar-refractivity contribution is 5.99. The summed E-state index contributed by atoms with van der Waals surface area (Å²) in [4.78, 5) is 112. The highest BCUT2D eigenvalue weighted by Gasteiger charge is 2.29. The molecule has 18 N–H and O–H groups in total. The van der Waals surface area contributed by atoms with Gasteiger partial charge in [-0.1, -0.05) is 136 Å². The maximum Gasteiger partial charge on any atom is 0.253 e. The van der Waals surface area contributed by atoms with Crippen LogP contribution < -0.4 is 82.2 Å². The van der Waals surface area contributed by atoms with Crippen molar-refractivity contribution >= 4 is 114 Å². The number of ether oxygens (including phenoxy) is 8. The number of unbranched alkanes of at least 4 members (excludes halogenated alkanes) is 8. The number of carbonyl (C=O) groups excluding carboxylic acids is 8. The number of aryl methyl sites for hydroxylation is 4. The first-order valence-electron chi connectivity index (χ1n) is 50.5. The summed E-state index contributed by atoms with van der Waals surface area (Å²) in [6.45, 7) is 4.02. The predicted molar refractivity (Wildman–Crippen MR) is 551 cm³/mol. The minimum absolute atomic E-state index is 0.0843. The van der Waals surface area contributed by atoms with Crippen LogP contribution >= 0.6 is 0 Å². The number of rotatable bonds is 26. The first kappa shape index (κ1) is 107. The second-order valence-corrected chi connectivity index (χ2v) is 36.4. The Kier molecular flexibility index (Phi) is 42.9. The van der Waals surface area contributed by atoms with Gasteiger partial charge in [-0.15, -0.1) is 0 Å². The van der Waals surface area contributed by atoms with E-state index in [1.165, 1.54) is 22.3 Å². The molecule has 0 aliphatic carbocycles. The number of amides is 8. The van der Waals surface area contributed by atoms with Gasteiger partial charge in [-0.05, 0) is 239 Å². The maximum atomic E-state index is 13.2. The normalized spacial score (nSPS) is 16.8. The fourth-order valence-electron chi connectivity index (χ4n) is 18.4. The Hall–Kier alpha value is -13.8. The van der Waals surface area contributed by atoms with Crippen molar-refractivity contribution in [1.82, 2.24) is 52.5 Å². The molecule has 0 spiro atoms. The highest BCUT2D eigenvalue weighted by Crippen LogP contribution is 2.38. The van der Waals surface area contributed by atoms with Crippen LogP contribution in [0.1, 0.15) is 225 Å². The van der Waals surface area contributed by atoms with Crippen molar-refractivity contribution in [2.24, 2.45) is 0 Å². The molecule has 8 amide bonds. The molecular weight excluding hydrogens is 1840 g/mol. The average molecular weight is 1980 g/mol. The molecule has 34 nitrogen and oxygen atoms in total. The van der Waals surface area contributed by atoms with Gasteiger partial charge in [0.05, 0.1) is 49.1 Å². The van der Waals surface area contributed by atoms with Crippen LogP contribution in [0.15, 0.2) is 182 Å². The highest BCUT2D eigenvalue weighted by atomic mass is 16.5. The zero-order chi connectivity index (χ0) is 101. The van der Waals surface area contributed by atoms with Gasteiger partial charge in [0.15, 0.2) is 0 Å². The van der Waals surface area contributed by atoms with Crippen LogP contribution in [0.25, 0.3) is 43.6 Å². The molecule has 0 saturated heterocycles. The zero-order valence-electron chi connectivity index (χ0n) is 82.2. The Morgan fingerprint density at radius 1 is 0.319 bits per heavy atom. The van der Waals surface area contributed by atoms with Crippen LogP contribution in [0, 0.1) is 0 Å². The van der Waals surface area contributed by atoms with Crippen molar-refractivity contribution < 1.29 is 97.1 Å². The van der Waals surface area contributed by atoms with E-state index in [1.807, 2.05) is 158 Å². The molecule has 4 aliphatic heterocycles. The van der Waals surface area contributed by atoms with Crippen LogP contribution in [0.5, 0.6) is 34.5 Å². The fourth-order valence-corrected chi connectivity index (χ4v) is 18.4. The van der Waals surface area contributed by atoms with Crippen molar-refractivity contribution in [3.63, 3.8) is 0 Å². The first-order chi connectivity index (χ1) is 70.5. The Morgan fingerprint density at radius 2 is 0.604 bits per heavy atom. The number of benzene rings is 8. The summed E-state index contributed by atoms with van der Waals surface area (Å²) in [6, 6.07) is 57.7. The standard InChI is InChI=1S/C28H36N4O5.C28H35N3O6.C27H34N4O4.C27H33N3O5/c1-36-19-14-15-23-20(17-19)21-18-37-26-12-6-5-10-24(26)31-28(34)25(11-3-2-4-13-27(33)32-35)29-16-8-7-9-22(21)30-23;1-35-19-14-15-23-20(17-19)21-18-37-25-11-6-5-10-24(25)30-28(33)26(12-3-2-4-13-27(32)31-34)36-16-8-7-9-22(21)29-23;32-26(31-34)16-3-1-2-14-24-27(33)30-23-13-6-7-15-25(23)35-18-20-19-10-4-5-11-21(19)29-22(20)12-8-9-17-28-24;31-26(30-33)16-3-1-2-15-25-27(32)29-23-13-6-7-14-24(23)35-18-20-19-10-4-5-11-21(19)28-22(20)12-8-9-17-34-25/h5-6,10,12,14-15,17,25,29-30,35H,2-4,7-9,11,13,16,18H2,1H3,(H,31,34)(H,32,33);5-6,10-11,14-15,17,26,29,34H,2-4,7-9,12-13,16,18H2,1H3,(H,30,33)(H,31,32);4-7,10-11,13,15,24,28-29,34H,1-3,8-9,12,14,16-18H2,(H,30,33)(H,31,32);4-7,10-11,13-14,25,28,33H,1-3,8-9,12,15-18H2,(H,29,32)(H,30,31)/t25-;;24-;/m0.0./s1. The molecule has 2 unspecified atom stereocenters. The van der Waals surface area contributed by atoms with Gasteiger partial charge in [-0.2, -0.15) is 0 Å². The van der Waals surface area contributed by atoms with Gasteiger partial charge in [0.2, 0.25) is 35.4 Å². The number of nitrogens with one attached hydrogen (secondary N) is 14. The average Bonchev–Trinajstić information content (AvgIpc) is 1.64. The predicted octanol–water partition coefficient (Wildman–Crippen LogP) is 18.6. The minimum Gasteiger partial charge on any atom is -0.497 e. The Morgan fingerprint density at radius 3 is 0.931 bits per heavy atom. The summed E-state index contributed by atoms with van der Waals surface area (Å²) in [5, 5.41) is 57.9. The van der Waals surface area contributed by atoms with E-state index in [0.717, 1.165) is 219 Å². The number of H-pyrrole nitrogens is 4. The zero-order valence-corrected chi connectivity index (χ0v) is 82.2. The van der Waals surface area contributed by atoms with E-state index in [0.29, 0.717) is 137 Å². The summed E-state index contributed by atoms with van der Waals surface area (Å²) < 4.78 is 47.9. The van der Waals surface area contributed by atoms with Crippen LogP contribution in [-0.2, 0) is 99.9 Å². The summed E-state index contributed by atoms with van der Waals surface area (Å²) in [7, 11) is 3.32. The van der Waals surface area contributed by atoms with Gasteiger partial charge < -0.3 is 89.7 Å². The molecule has 12 aromatic rings. The summed E-state index contributed by atoms with van der Waals surface area (Å²) in [6.07, 6.45) is 22.0. The fraction of sp³-hybridized carbons (Fsp3) is 0.418. The molecule has 0 saturated carbocycles. The number of fused-ring (bicyclic) bond motifs is 16. The second kappa shape index (κ2) is 57.5. The van der Waals surface area contributed by atoms with Gasteiger partial charge >= 0.3 is 0 Å². The maximum absolute atomic E-state index is 13.2. The molecule has 8 heterocycles. The van der Waals surface area contributed by atoms with Crippen LogP contribution in [0.2, 0.25) is 0 Å². The number of anilines is 4. The van der Waals surface area contributed by atoms with E-state index in [9.17, 15) is 38.4 Å². The number of aromatic nitrogens is 4. The molecule has 768 valence electrons. The van der Waals surface area contributed by atoms with Gasteiger partial charge in [0, 0.05) is 128 Å². The third-order valence-electron chi connectivity index (χ3n) is 26.3. The monoisotopic (exact) mass is 1980 g/mol. The topological polar surface area (TPSA) is 475 Å². The van der Waals surface area contributed by atoms with Gasteiger partial charge in [-0.3, -0.25) is 59.2 Å². The molecule has 8 aromatic carbocycles. The van der Waals surface area contributed by atoms with E-state index in [2.05, 4.69) is 76.1 Å². The van der Waals surface area contributed by atoms with E-state index in [1.54, 1.807) is 36.1 Å². The summed E-state index contributed by atoms with van der Waals surface area (Å²) in [5.74, 6) is 1.89. The van der Waals surface area contributed by atoms with Crippen molar-refractivity contribution in [2.75, 3.05) is 61.8 Å². The van der Waals surface area contributed by atoms with Gasteiger partial charge in [-0.25, -0.2) is 21.9 Å². The molecule has 0 fully saturated rings. The van der Waals surface area contributed by atoms with Gasteiger partial charge in [0.25, 0.3) is 11.8 Å². The molecule has 4 atom stereocenters. The lowest BCUT2D eigenvalue weighted by molar-refractivity contribution is -0.130. The molecule has 16 rings (SSSR count). The quantitative estimate of drug-likeness (QED) is 0.0136. The van der Waals surface area contributed by atoms with Crippen molar-refractivity contribution in [3.8, 4) is 34.5 Å². The first-order valence-corrected chi connectivity index (χ1v) is 50.5. The van der Waals surface area contributed by atoms with Crippen molar-refractivity contribution in [2.45, 2.75) is 256 Å².